The topological polar surface area (TPSA) is 115 Å². The average molecular weight is 375 g/mol. The number of aromatic amines is 1. The van der Waals surface area contributed by atoms with Crippen LogP contribution < -0.4 is 5.69 Å². The number of pyridine rings is 3. The molecule has 0 aliphatic rings. The van der Waals surface area contributed by atoms with Crippen LogP contribution >= 0.6 is 0 Å². The summed E-state index contributed by atoms with van der Waals surface area (Å²) >= 11 is 0. The number of aryl methyl sites for hydroxylation is 1. The van der Waals surface area contributed by atoms with Crippen molar-refractivity contribution in [2.75, 3.05) is 6.61 Å². The van der Waals surface area contributed by atoms with Gasteiger partial charge in [0.05, 0.1) is 47.3 Å². The molecule has 0 radical (unpaired) electrons. The normalized spacial score (nSPS) is 13.0. The molecule has 2 N–H and O–H groups in total. The number of hydrogen-bond donors (Lipinski definition) is 2. The number of imidazole rings is 1. The Hall–Kier alpha value is -3.59. The van der Waals surface area contributed by atoms with Crippen LogP contribution in [-0.2, 0) is 7.05 Å². The van der Waals surface area contributed by atoms with Gasteiger partial charge in [-0.3, -0.25) is 19.2 Å². The van der Waals surface area contributed by atoms with Crippen LogP contribution in [0.4, 0.5) is 0 Å². The summed E-state index contributed by atoms with van der Waals surface area (Å²) in [6, 6.07) is 5.34. The minimum Gasteiger partial charge on any atom is -0.394 e. The first-order valence-corrected chi connectivity index (χ1v) is 8.85. The van der Waals surface area contributed by atoms with E-state index in [2.05, 4.69) is 20.2 Å². The molecule has 140 valence electrons. The number of aliphatic hydroxyl groups excluding tert-OH is 1. The molecule has 0 saturated carbocycles. The molecule has 0 bridgehead atoms. The second kappa shape index (κ2) is 5.96. The molecule has 0 aliphatic heterocycles. The third kappa shape index (κ3) is 2.26. The van der Waals surface area contributed by atoms with Crippen LogP contribution in [0.3, 0.4) is 0 Å². The van der Waals surface area contributed by atoms with E-state index < -0.39 is 0 Å². The number of hydrogen-bond acceptors (Lipinski definition) is 6. The SMILES string of the molecule is C[C@H](CO)n1c(=O)n(C)c2cnc3ccc(-c4cnc5[nH]ncc5c4)nc3c21. The summed E-state index contributed by atoms with van der Waals surface area (Å²) in [5.41, 5.74) is 4.69. The van der Waals surface area contributed by atoms with E-state index in [-0.39, 0.29) is 18.3 Å². The molecule has 9 heteroatoms. The summed E-state index contributed by atoms with van der Waals surface area (Å²) in [5, 5.41) is 17.4. The minimum absolute atomic E-state index is 0.149. The zero-order valence-electron chi connectivity index (χ0n) is 15.3. The van der Waals surface area contributed by atoms with Gasteiger partial charge in [-0.25, -0.2) is 14.8 Å². The predicted molar refractivity (Wildman–Crippen MR) is 105 cm³/mol. The second-order valence-corrected chi connectivity index (χ2v) is 6.83. The van der Waals surface area contributed by atoms with Crippen molar-refractivity contribution in [3.63, 3.8) is 0 Å². The molecule has 0 amide bonds. The van der Waals surface area contributed by atoms with E-state index in [4.69, 9.17) is 4.98 Å². The van der Waals surface area contributed by atoms with Crippen molar-refractivity contribution in [1.82, 2.24) is 34.3 Å². The molecule has 5 heterocycles. The minimum atomic E-state index is -0.379. The van der Waals surface area contributed by atoms with E-state index in [1.54, 1.807) is 37.1 Å². The first kappa shape index (κ1) is 16.6. The molecule has 5 aromatic heterocycles. The van der Waals surface area contributed by atoms with E-state index in [1.165, 1.54) is 4.57 Å². The molecule has 0 fully saturated rings. The predicted octanol–water partition coefficient (Wildman–Crippen LogP) is 1.77. The Labute approximate surface area is 158 Å². The van der Waals surface area contributed by atoms with Gasteiger partial charge in [0.15, 0.2) is 5.65 Å². The average Bonchev–Trinajstić information content (AvgIpc) is 3.29. The lowest BCUT2D eigenvalue weighted by Gasteiger charge is -2.11. The lowest BCUT2D eigenvalue weighted by Crippen LogP contribution is -2.26. The van der Waals surface area contributed by atoms with Crippen molar-refractivity contribution in [3.05, 3.63) is 47.3 Å². The van der Waals surface area contributed by atoms with Crippen molar-refractivity contribution in [2.24, 2.45) is 7.05 Å². The highest BCUT2D eigenvalue weighted by Gasteiger charge is 2.19. The number of aromatic nitrogens is 7. The summed E-state index contributed by atoms with van der Waals surface area (Å²) < 4.78 is 3.11. The molecule has 5 rings (SSSR count). The van der Waals surface area contributed by atoms with E-state index >= 15 is 0 Å². The van der Waals surface area contributed by atoms with Gasteiger partial charge in [-0.05, 0) is 25.1 Å². The van der Waals surface area contributed by atoms with E-state index in [9.17, 15) is 9.90 Å². The first-order valence-electron chi connectivity index (χ1n) is 8.85. The maximum Gasteiger partial charge on any atom is 0.329 e. The highest BCUT2D eigenvalue weighted by Crippen LogP contribution is 2.27. The van der Waals surface area contributed by atoms with Gasteiger partial charge in [-0.1, -0.05) is 0 Å². The molecule has 1 atom stereocenters. The fraction of sp³-hybridized carbons (Fsp3) is 0.211. The highest BCUT2D eigenvalue weighted by atomic mass is 16.3. The molecule has 9 nitrogen and oxygen atoms in total. The van der Waals surface area contributed by atoms with Crippen LogP contribution in [0.25, 0.3) is 44.4 Å². The zero-order chi connectivity index (χ0) is 19.4. The van der Waals surface area contributed by atoms with E-state index in [0.717, 1.165) is 16.6 Å². The number of fused-ring (bicyclic) bond motifs is 4. The molecule has 0 aliphatic carbocycles. The highest BCUT2D eigenvalue weighted by molar-refractivity contribution is 6.00. The Morgan fingerprint density at radius 3 is 2.89 bits per heavy atom. The Balaban J connectivity index is 1.83. The van der Waals surface area contributed by atoms with Gasteiger partial charge in [0.2, 0.25) is 0 Å². The maximum absolute atomic E-state index is 12.7. The molecule has 0 saturated heterocycles. The number of rotatable bonds is 3. The van der Waals surface area contributed by atoms with Gasteiger partial charge >= 0.3 is 5.69 Å². The lowest BCUT2D eigenvalue weighted by molar-refractivity contribution is 0.238. The van der Waals surface area contributed by atoms with Gasteiger partial charge in [-0.2, -0.15) is 5.10 Å². The Kier molecular flexibility index (Phi) is 3.53. The van der Waals surface area contributed by atoms with E-state index in [0.29, 0.717) is 27.7 Å². The Bertz CT molecular complexity index is 1410. The fourth-order valence-electron chi connectivity index (χ4n) is 3.51. The van der Waals surface area contributed by atoms with Crippen molar-refractivity contribution in [3.8, 4) is 11.3 Å². The monoisotopic (exact) mass is 375 g/mol. The number of nitrogens with zero attached hydrogens (tertiary/aromatic N) is 6. The van der Waals surface area contributed by atoms with Crippen molar-refractivity contribution >= 4 is 33.1 Å². The summed E-state index contributed by atoms with van der Waals surface area (Å²) in [7, 11) is 1.69. The van der Waals surface area contributed by atoms with Crippen LogP contribution in [0.1, 0.15) is 13.0 Å². The van der Waals surface area contributed by atoms with Crippen LogP contribution in [0.5, 0.6) is 0 Å². The third-order valence-electron chi connectivity index (χ3n) is 5.05. The number of nitrogens with one attached hydrogen (secondary N) is 1. The summed E-state index contributed by atoms with van der Waals surface area (Å²) in [4.78, 5) is 26.4. The summed E-state index contributed by atoms with van der Waals surface area (Å²) in [6.07, 6.45) is 5.11. The first-order chi connectivity index (χ1) is 13.6. The molecular formula is C19H17N7O2. The molecule has 0 spiro atoms. The van der Waals surface area contributed by atoms with Crippen molar-refractivity contribution in [2.45, 2.75) is 13.0 Å². The molecule has 0 aromatic carbocycles. The van der Waals surface area contributed by atoms with Crippen LogP contribution in [0.15, 0.2) is 41.6 Å². The number of aliphatic hydroxyl groups is 1. The van der Waals surface area contributed by atoms with Crippen LogP contribution in [0.2, 0.25) is 0 Å². The number of H-pyrrole nitrogens is 1. The fourth-order valence-corrected chi connectivity index (χ4v) is 3.51. The zero-order valence-corrected chi connectivity index (χ0v) is 15.3. The van der Waals surface area contributed by atoms with Gasteiger partial charge in [0.1, 0.15) is 5.52 Å². The van der Waals surface area contributed by atoms with Crippen molar-refractivity contribution < 1.29 is 5.11 Å². The molecule has 0 unspecified atom stereocenters. The van der Waals surface area contributed by atoms with Crippen LogP contribution in [-0.4, -0.2) is 46.0 Å². The largest absolute Gasteiger partial charge is 0.394 e. The third-order valence-corrected chi connectivity index (χ3v) is 5.05. The lowest BCUT2D eigenvalue weighted by atomic mass is 10.1. The van der Waals surface area contributed by atoms with Gasteiger partial charge in [-0.15, -0.1) is 0 Å². The van der Waals surface area contributed by atoms with Gasteiger partial charge in [0, 0.05) is 24.2 Å². The summed E-state index contributed by atoms with van der Waals surface area (Å²) in [5.74, 6) is 0. The van der Waals surface area contributed by atoms with Crippen LogP contribution in [0, 0.1) is 0 Å². The standard InChI is InChI=1S/C19H17N7O2/c1-10(9-27)26-17-15(25(2)19(26)28)8-20-14-4-3-13(23-16(14)17)11-5-12-7-22-24-18(12)21-6-11/h3-8,10,27H,9H2,1-2H3,(H,21,22,24)/t10-/m1/s1. The molecular weight excluding hydrogens is 358 g/mol. The smallest absolute Gasteiger partial charge is 0.329 e. The van der Waals surface area contributed by atoms with Gasteiger partial charge in [0.25, 0.3) is 0 Å². The van der Waals surface area contributed by atoms with E-state index in [1.807, 2.05) is 18.2 Å². The molecule has 5 aromatic rings. The maximum atomic E-state index is 12.7. The summed E-state index contributed by atoms with van der Waals surface area (Å²) in [6.45, 7) is 1.65. The molecule has 28 heavy (non-hydrogen) atoms. The van der Waals surface area contributed by atoms with Crippen molar-refractivity contribution in [1.29, 1.82) is 0 Å². The quantitative estimate of drug-likeness (QED) is 0.497. The Morgan fingerprint density at radius 2 is 2.07 bits per heavy atom. The second-order valence-electron chi connectivity index (χ2n) is 6.83. The van der Waals surface area contributed by atoms with Gasteiger partial charge < -0.3 is 5.11 Å². The Morgan fingerprint density at radius 1 is 1.21 bits per heavy atom.